The quantitative estimate of drug-likeness (QED) is 0.471. The Morgan fingerprint density at radius 2 is 2.05 bits per heavy atom. The first-order chi connectivity index (χ1) is 9.13. The molecule has 5 nitrogen and oxygen atoms in total. The molecule has 2 unspecified atom stereocenters. The monoisotopic (exact) mass is 391 g/mol. The minimum Gasteiger partial charge on any atom is -0.497 e. The fraction of sp³-hybridized carbons (Fsp3) is 0.500. The van der Waals surface area contributed by atoms with Crippen molar-refractivity contribution in [3.63, 3.8) is 0 Å². The van der Waals surface area contributed by atoms with E-state index in [2.05, 4.69) is 17.2 Å². The number of methoxy groups -OCH3 is 2. The summed E-state index contributed by atoms with van der Waals surface area (Å²) in [7, 11) is 3.24. The van der Waals surface area contributed by atoms with Crippen LogP contribution in [0.3, 0.4) is 0 Å². The highest BCUT2D eigenvalue weighted by Gasteiger charge is 2.26. The Bertz CT molecular complexity index is 479. The Morgan fingerprint density at radius 3 is 2.55 bits per heavy atom. The van der Waals surface area contributed by atoms with Crippen molar-refractivity contribution in [2.24, 2.45) is 16.6 Å². The van der Waals surface area contributed by atoms with Gasteiger partial charge in [0.25, 0.3) is 0 Å². The molecule has 1 aromatic carbocycles. The summed E-state index contributed by atoms with van der Waals surface area (Å²) in [6.45, 7) is 2.19. The molecule has 2 atom stereocenters. The molecule has 0 saturated heterocycles. The number of aliphatic imine (C=N–C) groups is 1. The number of halogens is 1. The second kappa shape index (κ2) is 7.56. The highest BCUT2D eigenvalue weighted by atomic mass is 127. The fourth-order valence-corrected chi connectivity index (χ4v) is 2.10. The van der Waals surface area contributed by atoms with E-state index in [0.29, 0.717) is 23.7 Å². The summed E-state index contributed by atoms with van der Waals surface area (Å²) in [5.74, 6) is 2.49. The summed E-state index contributed by atoms with van der Waals surface area (Å²) in [5.41, 5.74) is 6.70. The summed E-state index contributed by atoms with van der Waals surface area (Å²) < 4.78 is 10.5. The van der Waals surface area contributed by atoms with Crippen LogP contribution in [-0.4, -0.2) is 26.2 Å². The molecule has 0 heterocycles. The van der Waals surface area contributed by atoms with Gasteiger partial charge in [-0.05, 0) is 30.9 Å². The van der Waals surface area contributed by atoms with Crippen molar-refractivity contribution in [3.05, 3.63) is 18.2 Å². The topological polar surface area (TPSA) is 68.9 Å². The smallest absolute Gasteiger partial charge is 0.193 e. The number of hydrogen-bond acceptors (Lipinski definition) is 3. The summed E-state index contributed by atoms with van der Waals surface area (Å²) in [5, 5.41) is 3.08. The lowest BCUT2D eigenvalue weighted by Gasteiger charge is -2.30. The summed E-state index contributed by atoms with van der Waals surface area (Å²) in [6, 6.07) is 5.85. The predicted octanol–water partition coefficient (Wildman–Crippen LogP) is 2.85. The van der Waals surface area contributed by atoms with Crippen LogP contribution < -0.4 is 20.5 Å². The average Bonchev–Trinajstić information content (AvgIpc) is 2.43. The molecule has 112 valence electrons. The zero-order valence-corrected chi connectivity index (χ0v) is 14.4. The van der Waals surface area contributed by atoms with Gasteiger partial charge >= 0.3 is 0 Å². The summed E-state index contributed by atoms with van der Waals surface area (Å²) in [6.07, 6.45) is 2.34. The second-order valence-corrected chi connectivity index (χ2v) is 4.83. The molecule has 1 aliphatic carbocycles. The average molecular weight is 391 g/mol. The van der Waals surface area contributed by atoms with Gasteiger partial charge in [-0.2, -0.15) is 0 Å². The Balaban J connectivity index is 0.00000200. The van der Waals surface area contributed by atoms with Gasteiger partial charge in [-0.1, -0.05) is 6.92 Å². The number of benzene rings is 1. The van der Waals surface area contributed by atoms with Crippen LogP contribution in [0.1, 0.15) is 19.8 Å². The van der Waals surface area contributed by atoms with Gasteiger partial charge in [-0.25, -0.2) is 4.99 Å². The van der Waals surface area contributed by atoms with Crippen molar-refractivity contribution in [3.8, 4) is 11.5 Å². The number of nitrogens with one attached hydrogen (secondary N) is 1. The van der Waals surface area contributed by atoms with Gasteiger partial charge in [0.2, 0.25) is 0 Å². The molecule has 0 amide bonds. The Morgan fingerprint density at radius 1 is 1.30 bits per heavy atom. The van der Waals surface area contributed by atoms with Crippen molar-refractivity contribution < 1.29 is 9.47 Å². The van der Waals surface area contributed by atoms with E-state index in [1.54, 1.807) is 14.2 Å². The maximum atomic E-state index is 5.94. The number of hydrogen-bond donors (Lipinski definition) is 2. The highest BCUT2D eigenvalue weighted by molar-refractivity contribution is 14.0. The molecule has 0 aliphatic heterocycles. The van der Waals surface area contributed by atoms with Gasteiger partial charge in [0.15, 0.2) is 5.96 Å². The molecule has 0 bridgehead atoms. The zero-order valence-electron chi connectivity index (χ0n) is 12.1. The van der Waals surface area contributed by atoms with E-state index < -0.39 is 0 Å². The number of anilines is 1. The van der Waals surface area contributed by atoms with Gasteiger partial charge in [0, 0.05) is 6.07 Å². The SMILES string of the molecule is COc1ccc(OC)c(NC(N)=NC2CCC2C)c1.I. The molecule has 0 spiro atoms. The van der Waals surface area contributed by atoms with E-state index >= 15 is 0 Å². The second-order valence-electron chi connectivity index (χ2n) is 4.83. The molecule has 1 aliphatic rings. The highest BCUT2D eigenvalue weighted by Crippen LogP contribution is 2.31. The third kappa shape index (κ3) is 3.91. The minimum atomic E-state index is 0. The standard InChI is InChI=1S/C14H21N3O2.HI/c1-9-4-6-11(9)16-14(15)17-12-8-10(18-2)5-7-13(12)19-3;/h5,7-9,11H,4,6H2,1-3H3,(H3,15,16,17);1H. The Kier molecular flexibility index (Phi) is 6.38. The van der Waals surface area contributed by atoms with Crippen LogP contribution in [0.2, 0.25) is 0 Å². The van der Waals surface area contributed by atoms with Crippen LogP contribution >= 0.6 is 24.0 Å². The molecule has 20 heavy (non-hydrogen) atoms. The first-order valence-electron chi connectivity index (χ1n) is 6.46. The first kappa shape index (κ1) is 16.9. The summed E-state index contributed by atoms with van der Waals surface area (Å²) in [4.78, 5) is 4.48. The van der Waals surface area contributed by atoms with Crippen molar-refractivity contribution in [2.75, 3.05) is 19.5 Å². The minimum absolute atomic E-state index is 0. The van der Waals surface area contributed by atoms with Crippen molar-refractivity contribution in [1.82, 2.24) is 0 Å². The Labute approximate surface area is 137 Å². The van der Waals surface area contributed by atoms with Crippen LogP contribution in [0.15, 0.2) is 23.2 Å². The molecule has 0 radical (unpaired) electrons. The number of rotatable bonds is 4. The van der Waals surface area contributed by atoms with E-state index in [9.17, 15) is 0 Å². The van der Waals surface area contributed by atoms with Gasteiger partial charge in [-0.3, -0.25) is 0 Å². The lowest BCUT2D eigenvalue weighted by Crippen LogP contribution is -2.32. The molecule has 0 aromatic heterocycles. The van der Waals surface area contributed by atoms with Crippen molar-refractivity contribution in [2.45, 2.75) is 25.8 Å². The maximum absolute atomic E-state index is 5.94. The van der Waals surface area contributed by atoms with Gasteiger partial charge < -0.3 is 20.5 Å². The molecular formula is C14H22IN3O2. The van der Waals surface area contributed by atoms with Gasteiger partial charge in [0.1, 0.15) is 11.5 Å². The number of nitrogens with zero attached hydrogens (tertiary/aromatic N) is 1. The Hall–Kier alpha value is -1.18. The molecule has 3 N–H and O–H groups in total. The van der Waals surface area contributed by atoms with Crippen LogP contribution in [-0.2, 0) is 0 Å². The first-order valence-corrected chi connectivity index (χ1v) is 6.46. The van der Waals surface area contributed by atoms with Gasteiger partial charge in [0.05, 0.1) is 25.9 Å². The molecule has 6 heteroatoms. The third-order valence-electron chi connectivity index (χ3n) is 3.55. The van der Waals surface area contributed by atoms with Crippen LogP contribution in [0, 0.1) is 5.92 Å². The number of ether oxygens (including phenoxy) is 2. The predicted molar refractivity (Wildman–Crippen MR) is 92.4 cm³/mol. The summed E-state index contributed by atoms with van der Waals surface area (Å²) >= 11 is 0. The van der Waals surface area contributed by atoms with Crippen molar-refractivity contribution >= 4 is 35.6 Å². The van der Waals surface area contributed by atoms with Crippen LogP contribution in [0.4, 0.5) is 5.69 Å². The normalized spacial score (nSPS) is 21.4. The molecule has 2 rings (SSSR count). The van der Waals surface area contributed by atoms with E-state index in [1.165, 1.54) is 6.42 Å². The fourth-order valence-electron chi connectivity index (χ4n) is 2.10. The van der Waals surface area contributed by atoms with Crippen LogP contribution in [0.5, 0.6) is 11.5 Å². The van der Waals surface area contributed by atoms with Gasteiger partial charge in [-0.15, -0.1) is 24.0 Å². The molecule has 1 fully saturated rings. The molecular weight excluding hydrogens is 369 g/mol. The van der Waals surface area contributed by atoms with E-state index in [-0.39, 0.29) is 24.0 Å². The van der Waals surface area contributed by atoms with Crippen LogP contribution in [0.25, 0.3) is 0 Å². The van der Waals surface area contributed by atoms with E-state index in [1.807, 2.05) is 18.2 Å². The molecule has 1 saturated carbocycles. The lowest BCUT2D eigenvalue weighted by molar-refractivity contribution is 0.284. The number of nitrogens with two attached hydrogens (primary N) is 1. The largest absolute Gasteiger partial charge is 0.497 e. The van der Waals surface area contributed by atoms with E-state index in [0.717, 1.165) is 17.9 Å². The zero-order chi connectivity index (χ0) is 13.8. The molecule has 1 aromatic rings. The number of guanidine groups is 1. The maximum Gasteiger partial charge on any atom is 0.193 e. The lowest BCUT2D eigenvalue weighted by atomic mass is 9.82. The van der Waals surface area contributed by atoms with Crippen molar-refractivity contribution in [1.29, 1.82) is 0 Å². The van der Waals surface area contributed by atoms with E-state index in [4.69, 9.17) is 15.2 Å². The third-order valence-corrected chi connectivity index (χ3v) is 3.55.